The molecule has 0 nitrogen and oxygen atoms in total. The van der Waals surface area contributed by atoms with Crippen molar-refractivity contribution in [1.29, 1.82) is 0 Å². The molecule has 0 N–H and O–H groups in total. The van der Waals surface area contributed by atoms with Gasteiger partial charge in [-0.05, 0) is 50.8 Å². The van der Waals surface area contributed by atoms with Crippen LogP contribution >= 0.6 is 0 Å². The molecular formula is C21H28Si. The minimum atomic E-state index is -1.68. The fourth-order valence-corrected chi connectivity index (χ4v) is 8.93. The number of hydrogen-bond acceptors (Lipinski definition) is 0. The molecule has 2 aliphatic carbocycles. The summed E-state index contributed by atoms with van der Waals surface area (Å²) >= 11 is 0. The van der Waals surface area contributed by atoms with E-state index in [2.05, 4.69) is 78.1 Å². The van der Waals surface area contributed by atoms with Crippen LogP contribution in [0.4, 0.5) is 0 Å². The maximum Gasteiger partial charge on any atom is 0.0954 e. The Morgan fingerprint density at radius 3 is 2.23 bits per heavy atom. The highest BCUT2D eigenvalue weighted by atomic mass is 28.3. The molecule has 2 aliphatic rings. The quantitative estimate of drug-likeness (QED) is 0.561. The molecule has 1 unspecified atom stereocenters. The van der Waals surface area contributed by atoms with Gasteiger partial charge in [-0.25, -0.2) is 0 Å². The second-order valence-electron chi connectivity index (χ2n) is 7.89. The van der Waals surface area contributed by atoms with Gasteiger partial charge in [0.2, 0.25) is 0 Å². The number of rotatable bonds is 2. The lowest BCUT2D eigenvalue weighted by Gasteiger charge is -2.42. The molecule has 1 aromatic carbocycles. The summed E-state index contributed by atoms with van der Waals surface area (Å²) in [4.78, 5) is 0. The number of benzene rings is 1. The van der Waals surface area contributed by atoms with E-state index in [1.807, 2.05) is 0 Å². The molecule has 0 fully saturated rings. The van der Waals surface area contributed by atoms with Crippen LogP contribution in [0.1, 0.15) is 45.7 Å². The Kier molecular flexibility index (Phi) is 3.41. The molecule has 0 bridgehead atoms. The summed E-state index contributed by atoms with van der Waals surface area (Å²) in [5, 5.41) is 1.93. The van der Waals surface area contributed by atoms with Crippen molar-refractivity contribution in [3.05, 3.63) is 63.8 Å². The van der Waals surface area contributed by atoms with Gasteiger partial charge in [-0.15, -0.1) is 0 Å². The topological polar surface area (TPSA) is 0 Å². The van der Waals surface area contributed by atoms with Crippen LogP contribution in [0.15, 0.2) is 52.6 Å². The van der Waals surface area contributed by atoms with Gasteiger partial charge in [0.1, 0.15) is 0 Å². The van der Waals surface area contributed by atoms with Gasteiger partial charge in [-0.2, -0.15) is 0 Å². The standard InChI is InChI=1S/C21H28Si/c1-14-12-18-10-8-9-11-19(18)20(14)22(6,7)21(5)13-15(2)16(3)17(21)4/h8-11,13H,12H2,1-7H3. The van der Waals surface area contributed by atoms with Gasteiger partial charge in [0.05, 0.1) is 8.07 Å². The molecule has 0 saturated carbocycles. The van der Waals surface area contributed by atoms with Gasteiger partial charge in [-0.3, -0.25) is 0 Å². The van der Waals surface area contributed by atoms with Crippen molar-refractivity contribution in [3.8, 4) is 0 Å². The Labute approximate surface area is 136 Å². The molecule has 0 heterocycles. The molecule has 3 rings (SSSR count). The van der Waals surface area contributed by atoms with Crippen LogP contribution in [0, 0.1) is 0 Å². The summed E-state index contributed by atoms with van der Waals surface area (Å²) in [6.07, 6.45) is 3.70. The minimum absolute atomic E-state index is 0.231. The van der Waals surface area contributed by atoms with E-state index in [1.165, 1.54) is 22.3 Å². The van der Waals surface area contributed by atoms with E-state index in [0.717, 1.165) is 6.42 Å². The lowest BCUT2D eigenvalue weighted by atomic mass is 10.0. The van der Waals surface area contributed by atoms with E-state index < -0.39 is 8.07 Å². The minimum Gasteiger partial charge on any atom is -0.0737 e. The lowest BCUT2D eigenvalue weighted by Crippen LogP contribution is -2.41. The van der Waals surface area contributed by atoms with Crippen LogP contribution in [0.3, 0.4) is 0 Å². The van der Waals surface area contributed by atoms with Crippen molar-refractivity contribution in [2.75, 3.05) is 0 Å². The van der Waals surface area contributed by atoms with Crippen LogP contribution in [-0.2, 0) is 6.42 Å². The van der Waals surface area contributed by atoms with Gasteiger partial charge in [0, 0.05) is 5.04 Å². The predicted molar refractivity (Wildman–Crippen MR) is 101 cm³/mol. The number of fused-ring (bicyclic) bond motifs is 1. The van der Waals surface area contributed by atoms with E-state index in [0.29, 0.717) is 0 Å². The summed E-state index contributed by atoms with van der Waals surface area (Å²) in [5.74, 6) is 0. The Morgan fingerprint density at radius 2 is 1.64 bits per heavy atom. The van der Waals surface area contributed by atoms with Crippen molar-refractivity contribution < 1.29 is 0 Å². The third-order valence-corrected chi connectivity index (χ3v) is 11.6. The Bertz CT molecular complexity index is 743. The highest BCUT2D eigenvalue weighted by Crippen LogP contribution is 2.58. The van der Waals surface area contributed by atoms with E-state index in [9.17, 15) is 0 Å². The average molecular weight is 309 g/mol. The van der Waals surface area contributed by atoms with Crippen molar-refractivity contribution in [2.24, 2.45) is 0 Å². The fourth-order valence-electron chi connectivity index (χ4n) is 4.64. The molecule has 0 saturated heterocycles. The molecule has 22 heavy (non-hydrogen) atoms. The Balaban J connectivity index is 2.19. The van der Waals surface area contributed by atoms with Crippen molar-refractivity contribution >= 4 is 13.3 Å². The SMILES string of the molecule is CC1=CC(C)([Si](C)(C)C2=C(C)Cc3ccccc32)C(C)=C1C. The first-order valence-electron chi connectivity index (χ1n) is 8.36. The van der Waals surface area contributed by atoms with Crippen molar-refractivity contribution in [2.45, 2.75) is 59.2 Å². The van der Waals surface area contributed by atoms with E-state index in [4.69, 9.17) is 0 Å². The largest absolute Gasteiger partial charge is 0.0954 e. The van der Waals surface area contributed by atoms with Gasteiger partial charge in [0.25, 0.3) is 0 Å². The van der Waals surface area contributed by atoms with E-state index in [1.54, 1.807) is 16.3 Å². The van der Waals surface area contributed by atoms with E-state index >= 15 is 0 Å². The molecule has 0 amide bonds. The molecule has 1 aromatic rings. The molecule has 0 spiro atoms. The van der Waals surface area contributed by atoms with Crippen LogP contribution in [0.25, 0.3) is 5.20 Å². The maximum absolute atomic E-state index is 2.57. The third kappa shape index (κ3) is 1.88. The Morgan fingerprint density at radius 1 is 1.00 bits per heavy atom. The zero-order valence-corrected chi connectivity index (χ0v) is 16.1. The van der Waals surface area contributed by atoms with Crippen LogP contribution < -0.4 is 0 Å². The first kappa shape index (κ1) is 15.5. The zero-order valence-electron chi connectivity index (χ0n) is 15.1. The van der Waals surface area contributed by atoms with E-state index in [-0.39, 0.29) is 5.04 Å². The first-order valence-corrected chi connectivity index (χ1v) is 11.4. The summed E-state index contributed by atoms with van der Waals surface area (Å²) in [6, 6.07) is 9.03. The molecule has 1 atom stereocenters. The van der Waals surface area contributed by atoms with Gasteiger partial charge >= 0.3 is 0 Å². The van der Waals surface area contributed by atoms with Crippen LogP contribution in [0.5, 0.6) is 0 Å². The zero-order chi connectivity index (χ0) is 16.3. The second kappa shape index (κ2) is 4.83. The predicted octanol–water partition coefficient (Wildman–Crippen LogP) is 6.32. The van der Waals surface area contributed by atoms with Gasteiger partial charge in [0.15, 0.2) is 0 Å². The monoisotopic (exact) mass is 308 g/mol. The second-order valence-corrected chi connectivity index (χ2v) is 12.7. The smallest absolute Gasteiger partial charge is 0.0737 e. The lowest BCUT2D eigenvalue weighted by molar-refractivity contribution is 0.859. The Hall–Kier alpha value is -1.34. The van der Waals surface area contributed by atoms with Crippen LogP contribution in [-0.4, -0.2) is 8.07 Å². The number of allylic oxidation sites excluding steroid dienone is 5. The molecule has 0 radical (unpaired) electrons. The summed E-state index contributed by atoms with van der Waals surface area (Å²) in [6.45, 7) is 16.9. The average Bonchev–Trinajstić information content (AvgIpc) is 2.89. The summed E-state index contributed by atoms with van der Waals surface area (Å²) in [7, 11) is -1.68. The molecule has 116 valence electrons. The van der Waals surface area contributed by atoms with Crippen molar-refractivity contribution in [3.63, 3.8) is 0 Å². The van der Waals surface area contributed by atoms with Gasteiger partial charge in [-0.1, -0.05) is 72.3 Å². The summed E-state index contributed by atoms with van der Waals surface area (Å²) in [5.41, 5.74) is 9.23. The van der Waals surface area contributed by atoms with Gasteiger partial charge < -0.3 is 0 Å². The fraction of sp³-hybridized carbons (Fsp3) is 0.429. The normalized spacial score (nSPS) is 25.0. The van der Waals surface area contributed by atoms with Crippen molar-refractivity contribution in [1.82, 2.24) is 0 Å². The molecule has 0 aromatic heterocycles. The summed E-state index contributed by atoms with van der Waals surface area (Å²) < 4.78 is 0. The highest BCUT2D eigenvalue weighted by Gasteiger charge is 2.49. The maximum atomic E-state index is 2.57. The highest BCUT2D eigenvalue weighted by molar-refractivity contribution is 6.98. The molecular weight excluding hydrogens is 280 g/mol. The van der Waals surface area contributed by atoms with Crippen LogP contribution in [0.2, 0.25) is 18.1 Å². The number of hydrogen-bond donors (Lipinski definition) is 0. The third-order valence-electron chi connectivity index (χ3n) is 6.53. The first-order chi connectivity index (χ1) is 10.2. The molecule has 0 aliphatic heterocycles. The molecule has 1 heteroatoms.